The van der Waals surface area contributed by atoms with E-state index in [2.05, 4.69) is 6.92 Å². The Labute approximate surface area is 164 Å². The third kappa shape index (κ3) is 3.36. The summed E-state index contributed by atoms with van der Waals surface area (Å²) in [5, 5.41) is 2.23. The Kier molecular flexibility index (Phi) is 4.82. The number of rotatable bonds is 5. The molecule has 0 unspecified atom stereocenters. The minimum atomic E-state index is -0.354. The molecule has 0 fully saturated rings. The Bertz CT molecular complexity index is 1210. The van der Waals surface area contributed by atoms with Gasteiger partial charge in [0.2, 0.25) is 0 Å². The average molecular weight is 370 g/mol. The van der Waals surface area contributed by atoms with Gasteiger partial charge in [-0.15, -0.1) is 0 Å². The van der Waals surface area contributed by atoms with E-state index < -0.39 is 0 Å². The quantitative estimate of drug-likeness (QED) is 0.304. The fraction of sp³-hybridized carbons (Fsp3) is 0.174. The maximum Gasteiger partial charge on any atom is 0.344 e. The van der Waals surface area contributed by atoms with Gasteiger partial charge in [-0.3, -0.25) is 0 Å². The average Bonchev–Trinajstić information content (AvgIpc) is 2.72. The van der Waals surface area contributed by atoms with E-state index >= 15 is 0 Å². The molecule has 0 amide bonds. The Balaban J connectivity index is 1.79. The van der Waals surface area contributed by atoms with Crippen molar-refractivity contribution >= 4 is 35.1 Å². The molecule has 0 saturated carbocycles. The fourth-order valence-electron chi connectivity index (χ4n) is 3.25. The molecule has 4 aromatic rings. The summed E-state index contributed by atoms with van der Waals surface area (Å²) in [6, 6.07) is 16.9. The number of aryl methyl sites for hydroxylation is 1. The molecule has 4 rings (SSSR count). The number of benzene rings is 3. The Morgan fingerprint density at radius 1 is 0.893 bits per heavy atom. The summed E-state index contributed by atoms with van der Waals surface area (Å²) in [4.78, 5) is 12.5. The van der Waals surface area contributed by atoms with Gasteiger partial charge >= 0.3 is 5.63 Å². The molecular formula is C23H19BO4. The van der Waals surface area contributed by atoms with Gasteiger partial charge in [0.15, 0.2) is 11.5 Å². The van der Waals surface area contributed by atoms with E-state index in [0.717, 1.165) is 28.3 Å². The lowest BCUT2D eigenvalue weighted by Gasteiger charge is -2.13. The van der Waals surface area contributed by atoms with Gasteiger partial charge in [0.25, 0.3) is 0 Å². The molecule has 0 spiro atoms. The maximum atomic E-state index is 12.5. The first kappa shape index (κ1) is 18.2. The normalized spacial score (nSPS) is 11.1. The second kappa shape index (κ2) is 7.43. The monoisotopic (exact) mass is 370 g/mol. The van der Waals surface area contributed by atoms with Crippen molar-refractivity contribution in [2.75, 3.05) is 7.11 Å². The molecule has 0 aliphatic carbocycles. The molecule has 0 bridgehead atoms. The van der Waals surface area contributed by atoms with Gasteiger partial charge in [-0.25, -0.2) is 4.79 Å². The Morgan fingerprint density at radius 2 is 1.64 bits per heavy atom. The van der Waals surface area contributed by atoms with Gasteiger partial charge in [-0.05, 0) is 29.7 Å². The van der Waals surface area contributed by atoms with Crippen molar-refractivity contribution in [3.8, 4) is 11.5 Å². The van der Waals surface area contributed by atoms with E-state index in [0.29, 0.717) is 34.5 Å². The van der Waals surface area contributed by atoms with E-state index in [-0.39, 0.29) is 5.63 Å². The summed E-state index contributed by atoms with van der Waals surface area (Å²) in [6.45, 7) is 2.40. The van der Waals surface area contributed by atoms with Gasteiger partial charge in [-0.1, -0.05) is 48.8 Å². The van der Waals surface area contributed by atoms with Crippen molar-refractivity contribution in [3.05, 3.63) is 76.1 Å². The molecule has 3 aromatic carbocycles. The number of methoxy groups -OCH3 is 1. The van der Waals surface area contributed by atoms with Crippen molar-refractivity contribution in [2.45, 2.75) is 20.0 Å². The van der Waals surface area contributed by atoms with Crippen LogP contribution in [0.3, 0.4) is 0 Å². The van der Waals surface area contributed by atoms with Gasteiger partial charge < -0.3 is 13.9 Å². The van der Waals surface area contributed by atoms with Crippen LogP contribution in [0.2, 0.25) is 0 Å². The molecule has 4 nitrogen and oxygen atoms in total. The largest absolute Gasteiger partial charge is 0.493 e. The number of hydrogen-bond acceptors (Lipinski definition) is 4. The molecule has 1 aromatic heterocycles. The zero-order valence-electron chi connectivity index (χ0n) is 15.8. The topological polar surface area (TPSA) is 48.7 Å². The molecule has 0 saturated heterocycles. The van der Waals surface area contributed by atoms with Crippen molar-refractivity contribution in [1.82, 2.24) is 0 Å². The molecule has 0 atom stereocenters. The number of ether oxygens (including phenoxy) is 2. The third-order valence-corrected chi connectivity index (χ3v) is 4.84. The Hall–Kier alpha value is -3.21. The zero-order chi connectivity index (χ0) is 19.7. The molecule has 1 heterocycles. The minimum Gasteiger partial charge on any atom is -0.493 e. The highest BCUT2D eigenvalue weighted by molar-refractivity contribution is 6.32. The molecule has 0 aliphatic heterocycles. The highest BCUT2D eigenvalue weighted by Gasteiger charge is 2.14. The van der Waals surface area contributed by atoms with E-state index in [1.54, 1.807) is 13.2 Å². The number of hydrogen-bond donors (Lipinski definition) is 0. The van der Waals surface area contributed by atoms with Crippen molar-refractivity contribution < 1.29 is 13.9 Å². The molecule has 0 aliphatic rings. The lowest BCUT2D eigenvalue weighted by molar-refractivity contribution is 0.284. The highest BCUT2D eigenvalue weighted by Crippen LogP contribution is 2.35. The molecule has 5 heteroatoms. The van der Waals surface area contributed by atoms with Crippen molar-refractivity contribution in [1.29, 1.82) is 0 Å². The standard InChI is InChI=1S/C23H19BO4/c1-3-14-6-9-17-18-11-21(26-2)22(12-20(18)28-23(25)19(17)10-14)27-13-15-4-7-16(24)8-5-15/h4-12H,3,13H2,1-2H3. The molecule has 2 radical (unpaired) electrons. The van der Waals surface area contributed by atoms with Crippen LogP contribution in [-0.2, 0) is 13.0 Å². The zero-order valence-corrected chi connectivity index (χ0v) is 15.8. The van der Waals surface area contributed by atoms with Gasteiger partial charge in [0.05, 0.1) is 12.5 Å². The van der Waals surface area contributed by atoms with Crippen molar-refractivity contribution in [3.63, 3.8) is 0 Å². The summed E-state index contributed by atoms with van der Waals surface area (Å²) in [7, 11) is 7.31. The second-order valence-corrected chi connectivity index (χ2v) is 6.65. The lowest BCUT2D eigenvalue weighted by atomic mass is 9.95. The van der Waals surface area contributed by atoms with Crippen LogP contribution in [0.15, 0.2) is 63.8 Å². The maximum absolute atomic E-state index is 12.5. The SMILES string of the molecule is [B]c1ccc(COc2cc3oc(=O)c4cc(CC)ccc4c3cc2OC)cc1. The predicted octanol–water partition coefficient (Wildman–Crippen LogP) is 3.89. The van der Waals surface area contributed by atoms with Crippen molar-refractivity contribution in [2.24, 2.45) is 0 Å². The van der Waals surface area contributed by atoms with Crippen LogP contribution in [0.4, 0.5) is 0 Å². The van der Waals surface area contributed by atoms with Crippen LogP contribution in [0.1, 0.15) is 18.1 Å². The van der Waals surface area contributed by atoms with Crippen LogP contribution in [0, 0.1) is 0 Å². The molecule has 0 N–H and O–H groups in total. The first-order valence-electron chi connectivity index (χ1n) is 9.13. The second-order valence-electron chi connectivity index (χ2n) is 6.65. The summed E-state index contributed by atoms with van der Waals surface area (Å²) in [5.41, 5.74) is 2.88. The first-order chi connectivity index (χ1) is 13.6. The summed E-state index contributed by atoms with van der Waals surface area (Å²) in [6.07, 6.45) is 0.856. The fourth-order valence-corrected chi connectivity index (χ4v) is 3.25. The molecule has 138 valence electrons. The van der Waals surface area contributed by atoms with Gasteiger partial charge in [0.1, 0.15) is 20.0 Å². The smallest absolute Gasteiger partial charge is 0.344 e. The first-order valence-corrected chi connectivity index (χ1v) is 9.13. The van der Waals surface area contributed by atoms with Crippen LogP contribution in [-0.4, -0.2) is 15.0 Å². The predicted molar refractivity (Wildman–Crippen MR) is 112 cm³/mol. The third-order valence-electron chi connectivity index (χ3n) is 4.84. The summed E-state index contributed by atoms with van der Waals surface area (Å²) < 4.78 is 17.0. The minimum absolute atomic E-state index is 0.347. The summed E-state index contributed by atoms with van der Waals surface area (Å²) in [5.74, 6) is 1.09. The van der Waals surface area contributed by atoms with Gasteiger partial charge in [-0.2, -0.15) is 0 Å². The molecular weight excluding hydrogens is 351 g/mol. The van der Waals surface area contributed by atoms with Gasteiger partial charge in [0, 0.05) is 16.8 Å². The van der Waals surface area contributed by atoms with E-state index in [1.807, 2.05) is 48.5 Å². The summed E-state index contributed by atoms with van der Waals surface area (Å²) >= 11 is 0. The highest BCUT2D eigenvalue weighted by atomic mass is 16.5. The van der Waals surface area contributed by atoms with Crippen LogP contribution < -0.4 is 20.6 Å². The number of fused-ring (bicyclic) bond motifs is 3. The molecule has 28 heavy (non-hydrogen) atoms. The Morgan fingerprint density at radius 3 is 2.36 bits per heavy atom. The van der Waals surface area contributed by atoms with Crippen LogP contribution >= 0.6 is 0 Å². The lowest BCUT2D eigenvalue weighted by Crippen LogP contribution is -2.04. The van der Waals surface area contributed by atoms with Crippen LogP contribution in [0.5, 0.6) is 11.5 Å². The van der Waals surface area contributed by atoms with Crippen LogP contribution in [0.25, 0.3) is 21.7 Å². The van der Waals surface area contributed by atoms with E-state index in [1.165, 1.54) is 0 Å². The van der Waals surface area contributed by atoms with E-state index in [4.69, 9.17) is 21.7 Å². The van der Waals surface area contributed by atoms with E-state index in [9.17, 15) is 4.79 Å².